The fourth-order valence-corrected chi connectivity index (χ4v) is 6.98. The maximum atomic E-state index is 14.6. The van der Waals surface area contributed by atoms with Crippen LogP contribution in [0.5, 0.6) is 11.5 Å². The molecule has 3 aromatic rings. The van der Waals surface area contributed by atoms with Crippen LogP contribution in [-0.4, -0.2) is 56.3 Å². The zero-order valence-corrected chi connectivity index (χ0v) is 25.2. The summed E-state index contributed by atoms with van der Waals surface area (Å²) in [7, 11) is 5.09. The van der Waals surface area contributed by atoms with E-state index in [0.29, 0.717) is 16.6 Å². The molecule has 0 saturated heterocycles. The molecule has 11 heteroatoms. The van der Waals surface area contributed by atoms with E-state index in [1.807, 2.05) is 13.0 Å². The standard InChI is InChI=1S/C33H26ClNO9/c1-6-7-8-9-15-12-17-18(32(40)35(15)44-5)13-19-16(26(17)34)10-11-33(19)30(38)24-25(31(33)39)29(43-4)23-22(28(24)42-3)20(36)14-21(41-2)27(23)37/h6-9,12-14H,10-11H2,1-5H3/b7-6+,9-8+/t33-/m0/s1. The number of hydrogen-bond acceptors (Lipinski definition) is 9. The molecule has 0 amide bonds. The first-order valence-corrected chi connectivity index (χ1v) is 14.0. The van der Waals surface area contributed by atoms with Gasteiger partial charge in [-0.3, -0.25) is 24.0 Å². The molecule has 2 aromatic carbocycles. The summed E-state index contributed by atoms with van der Waals surface area (Å²) in [6.45, 7) is 1.86. The number of methoxy groups -OCH3 is 3. The Labute approximate surface area is 256 Å². The molecule has 0 radical (unpaired) electrons. The molecule has 0 unspecified atom stereocenters. The van der Waals surface area contributed by atoms with Crippen molar-refractivity contribution in [3.8, 4) is 11.5 Å². The number of Topliss-reactive ketones (excluding diaryl/α,β-unsaturated/α-hetero) is 3. The molecular weight excluding hydrogens is 590 g/mol. The van der Waals surface area contributed by atoms with Crippen molar-refractivity contribution < 1.29 is 38.2 Å². The number of allylic oxidation sites excluding steroid dienone is 5. The Morgan fingerprint density at radius 2 is 1.50 bits per heavy atom. The first-order valence-electron chi connectivity index (χ1n) is 13.6. The average Bonchev–Trinajstić information content (AvgIpc) is 3.51. The van der Waals surface area contributed by atoms with Gasteiger partial charge in [-0.15, -0.1) is 4.73 Å². The first-order chi connectivity index (χ1) is 21.1. The summed E-state index contributed by atoms with van der Waals surface area (Å²) in [5, 5.41) is 0.829. The zero-order valence-electron chi connectivity index (χ0n) is 24.5. The Morgan fingerprint density at radius 3 is 2.09 bits per heavy atom. The molecule has 0 bridgehead atoms. The lowest BCUT2D eigenvalue weighted by Gasteiger charge is -2.22. The number of aromatic nitrogens is 1. The maximum absolute atomic E-state index is 14.6. The summed E-state index contributed by atoms with van der Waals surface area (Å²) in [5.41, 5.74) is -1.81. The molecule has 1 heterocycles. The van der Waals surface area contributed by atoms with Gasteiger partial charge in [0.25, 0.3) is 5.56 Å². The van der Waals surface area contributed by atoms with Crippen molar-refractivity contribution in [3.05, 3.63) is 96.6 Å². The van der Waals surface area contributed by atoms with Crippen LogP contribution in [0.25, 0.3) is 16.8 Å². The molecule has 0 N–H and O–H groups in total. The molecule has 3 aliphatic carbocycles. The van der Waals surface area contributed by atoms with Crippen molar-refractivity contribution >= 4 is 51.6 Å². The van der Waals surface area contributed by atoms with Gasteiger partial charge in [-0.25, -0.2) is 0 Å². The molecule has 1 spiro atoms. The molecular formula is C33H26ClNO9. The van der Waals surface area contributed by atoms with Gasteiger partial charge in [-0.1, -0.05) is 29.8 Å². The third-order valence-corrected chi connectivity index (χ3v) is 8.97. The second kappa shape index (κ2) is 10.3. The molecule has 3 aliphatic rings. The lowest BCUT2D eigenvalue weighted by molar-refractivity contribution is 0.0793. The van der Waals surface area contributed by atoms with Crippen LogP contribution >= 0.6 is 11.6 Å². The average molecular weight is 616 g/mol. The number of carbonyl (C=O) groups excluding carboxylic acids is 4. The monoisotopic (exact) mass is 615 g/mol. The highest BCUT2D eigenvalue weighted by atomic mass is 35.5. The minimum absolute atomic E-state index is 0.0394. The number of hydrogen-bond donors (Lipinski definition) is 0. The van der Waals surface area contributed by atoms with E-state index in [0.717, 1.165) is 10.8 Å². The lowest BCUT2D eigenvalue weighted by Crippen LogP contribution is -2.36. The van der Waals surface area contributed by atoms with E-state index in [-0.39, 0.29) is 68.3 Å². The van der Waals surface area contributed by atoms with Gasteiger partial charge in [-0.05, 0) is 49.1 Å². The van der Waals surface area contributed by atoms with Crippen LogP contribution in [0.2, 0.25) is 5.02 Å². The van der Waals surface area contributed by atoms with Crippen molar-refractivity contribution in [1.29, 1.82) is 0 Å². The van der Waals surface area contributed by atoms with Gasteiger partial charge in [0.1, 0.15) is 24.0 Å². The number of fused-ring (bicyclic) bond motifs is 5. The third-order valence-electron chi connectivity index (χ3n) is 8.54. The van der Waals surface area contributed by atoms with Crippen molar-refractivity contribution in [2.45, 2.75) is 25.2 Å². The number of nitrogens with zero attached hydrogens (tertiary/aromatic N) is 1. The van der Waals surface area contributed by atoms with Gasteiger partial charge in [0, 0.05) is 11.5 Å². The van der Waals surface area contributed by atoms with Crippen LogP contribution in [-0.2, 0) is 16.6 Å². The zero-order chi connectivity index (χ0) is 31.7. The van der Waals surface area contributed by atoms with Crippen LogP contribution in [0.3, 0.4) is 0 Å². The SMILES string of the molecule is C/C=C/C=C/c1cc2c(Cl)c3c(cc2c(=O)n1OC)[C@@]1(CC3)C(=O)c2c(OC)c3c(c(OC)c2C1=O)C(=O)C(OC)=CC3=O. The number of ether oxygens (including phenoxy) is 3. The topological polar surface area (TPSA) is 127 Å². The van der Waals surface area contributed by atoms with E-state index in [1.54, 1.807) is 24.3 Å². The molecule has 1 aromatic heterocycles. The second-order valence-corrected chi connectivity index (χ2v) is 10.8. The number of benzene rings is 2. The Bertz CT molecular complexity index is 2030. The molecule has 0 aliphatic heterocycles. The first kappa shape index (κ1) is 29.1. The molecule has 44 heavy (non-hydrogen) atoms. The van der Waals surface area contributed by atoms with Crippen LogP contribution in [0, 0.1) is 0 Å². The number of ketones is 4. The second-order valence-electron chi connectivity index (χ2n) is 10.5. The summed E-state index contributed by atoms with van der Waals surface area (Å²) in [4.78, 5) is 74.8. The molecule has 0 saturated carbocycles. The lowest BCUT2D eigenvalue weighted by atomic mass is 9.76. The van der Waals surface area contributed by atoms with E-state index >= 15 is 0 Å². The van der Waals surface area contributed by atoms with Crippen LogP contribution in [0.15, 0.2) is 47.0 Å². The number of halogens is 1. The van der Waals surface area contributed by atoms with Crippen molar-refractivity contribution in [2.75, 3.05) is 28.4 Å². The smallest absolute Gasteiger partial charge is 0.291 e. The number of pyridine rings is 1. The number of carbonyl (C=O) groups is 4. The normalized spacial score (nSPS) is 18.8. The van der Waals surface area contributed by atoms with Gasteiger partial charge < -0.3 is 19.0 Å². The van der Waals surface area contributed by atoms with Gasteiger partial charge in [0.15, 0.2) is 23.1 Å². The Morgan fingerprint density at radius 1 is 0.841 bits per heavy atom. The highest BCUT2D eigenvalue weighted by Gasteiger charge is 2.61. The van der Waals surface area contributed by atoms with Crippen molar-refractivity contribution in [2.24, 2.45) is 0 Å². The molecule has 10 nitrogen and oxygen atoms in total. The Balaban J connectivity index is 1.64. The predicted molar refractivity (Wildman–Crippen MR) is 162 cm³/mol. The minimum atomic E-state index is -1.79. The van der Waals surface area contributed by atoms with Gasteiger partial charge in [-0.2, -0.15) is 0 Å². The van der Waals surface area contributed by atoms with Gasteiger partial charge >= 0.3 is 0 Å². The Kier molecular flexibility index (Phi) is 6.85. The van der Waals surface area contributed by atoms with Crippen molar-refractivity contribution in [1.82, 2.24) is 4.73 Å². The summed E-state index contributed by atoms with van der Waals surface area (Å²) >= 11 is 6.94. The summed E-state index contributed by atoms with van der Waals surface area (Å²) in [6.07, 6.45) is 8.38. The van der Waals surface area contributed by atoms with Crippen LogP contribution in [0.1, 0.15) is 71.6 Å². The van der Waals surface area contributed by atoms with E-state index in [4.69, 9.17) is 30.6 Å². The summed E-state index contributed by atoms with van der Waals surface area (Å²) in [6, 6.07) is 3.22. The quantitative estimate of drug-likeness (QED) is 0.291. The Hall–Kier alpha value is -4.96. The fourth-order valence-electron chi connectivity index (χ4n) is 6.63. The highest BCUT2D eigenvalue weighted by molar-refractivity contribution is 6.40. The molecule has 0 fully saturated rings. The van der Waals surface area contributed by atoms with E-state index < -0.39 is 34.1 Å². The summed E-state index contributed by atoms with van der Waals surface area (Å²) < 4.78 is 17.4. The maximum Gasteiger partial charge on any atom is 0.291 e. The van der Waals surface area contributed by atoms with Crippen molar-refractivity contribution in [3.63, 3.8) is 0 Å². The fraction of sp³-hybridized carbons (Fsp3) is 0.242. The third kappa shape index (κ3) is 3.57. The predicted octanol–water partition coefficient (Wildman–Crippen LogP) is 4.49. The van der Waals surface area contributed by atoms with E-state index in [9.17, 15) is 24.0 Å². The summed E-state index contributed by atoms with van der Waals surface area (Å²) in [5.74, 6) is -3.27. The van der Waals surface area contributed by atoms with Crippen LogP contribution in [0.4, 0.5) is 0 Å². The van der Waals surface area contributed by atoms with E-state index in [1.165, 1.54) is 34.5 Å². The van der Waals surface area contributed by atoms with Gasteiger partial charge in [0.05, 0.1) is 59.7 Å². The number of rotatable bonds is 6. The molecule has 6 rings (SSSR count). The minimum Gasteiger partial charge on any atom is -0.495 e. The van der Waals surface area contributed by atoms with Gasteiger partial charge in [0.2, 0.25) is 5.78 Å². The van der Waals surface area contributed by atoms with Crippen LogP contribution < -0.4 is 19.9 Å². The molecule has 1 atom stereocenters. The highest BCUT2D eigenvalue weighted by Crippen LogP contribution is 2.56. The molecule has 224 valence electrons. The van der Waals surface area contributed by atoms with E-state index in [2.05, 4.69) is 0 Å². The largest absolute Gasteiger partial charge is 0.495 e.